The lowest BCUT2D eigenvalue weighted by Crippen LogP contribution is -1.97. The first-order valence-electron chi connectivity index (χ1n) is 5.36. The molecule has 0 aliphatic rings. The molecule has 2 rings (SSSR count). The van der Waals surface area contributed by atoms with E-state index < -0.39 is 0 Å². The number of hydrogen-bond acceptors (Lipinski definition) is 0. The van der Waals surface area contributed by atoms with Crippen LogP contribution in [0.1, 0.15) is 32.4 Å². The number of benzene rings is 1. The molecule has 0 N–H and O–H groups in total. The molecule has 1 aromatic heterocycles. The highest BCUT2D eigenvalue weighted by molar-refractivity contribution is 5.92. The van der Waals surface area contributed by atoms with E-state index in [1.54, 1.807) is 0 Å². The maximum Gasteiger partial charge on any atom is 0.0489 e. The fourth-order valence-corrected chi connectivity index (χ4v) is 1.97. The van der Waals surface area contributed by atoms with Crippen LogP contribution in [0.3, 0.4) is 0 Å². The molecular formula is C14H17N. The number of para-hydroxylation sites is 1. The van der Waals surface area contributed by atoms with Crippen molar-refractivity contribution in [2.75, 3.05) is 0 Å². The van der Waals surface area contributed by atoms with Crippen LogP contribution in [0.4, 0.5) is 0 Å². The van der Waals surface area contributed by atoms with Gasteiger partial charge in [-0.05, 0) is 32.4 Å². The SMILES string of the molecule is C=C(C)c1cn(C(C)C)c2ccccc12. The van der Waals surface area contributed by atoms with Crippen LogP contribution >= 0.6 is 0 Å². The molecule has 1 aromatic carbocycles. The van der Waals surface area contributed by atoms with Gasteiger partial charge in [-0.15, -0.1) is 0 Å². The summed E-state index contributed by atoms with van der Waals surface area (Å²) in [7, 11) is 0. The first-order valence-corrected chi connectivity index (χ1v) is 5.36. The maximum absolute atomic E-state index is 4.03. The summed E-state index contributed by atoms with van der Waals surface area (Å²) in [6.45, 7) is 10.5. The number of allylic oxidation sites excluding steroid dienone is 1. The summed E-state index contributed by atoms with van der Waals surface area (Å²) in [5.74, 6) is 0. The van der Waals surface area contributed by atoms with E-state index in [0.717, 1.165) is 5.57 Å². The van der Waals surface area contributed by atoms with Gasteiger partial charge in [-0.3, -0.25) is 0 Å². The van der Waals surface area contributed by atoms with Crippen LogP contribution < -0.4 is 0 Å². The summed E-state index contributed by atoms with van der Waals surface area (Å²) in [6.07, 6.45) is 2.21. The summed E-state index contributed by atoms with van der Waals surface area (Å²) in [5, 5.41) is 1.30. The topological polar surface area (TPSA) is 4.93 Å². The van der Waals surface area contributed by atoms with Crippen molar-refractivity contribution in [1.29, 1.82) is 0 Å². The Kier molecular flexibility index (Phi) is 2.39. The molecule has 0 radical (unpaired) electrons. The van der Waals surface area contributed by atoms with Crippen LogP contribution in [0.5, 0.6) is 0 Å². The molecular weight excluding hydrogens is 182 g/mol. The Labute approximate surface area is 91.0 Å². The maximum atomic E-state index is 4.03. The second-order valence-electron chi connectivity index (χ2n) is 4.34. The molecule has 0 aliphatic carbocycles. The third-order valence-electron chi connectivity index (χ3n) is 2.76. The molecule has 0 spiro atoms. The van der Waals surface area contributed by atoms with Gasteiger partial charge in [-0.2, -0.15) is 0 Å². The monoisotopic (exact) mass is 199 g/mol. The van der Waals surface area contributed by atoms with Gasteiger partial charge in [0.1, 0.15) is 0 Å². The van der Waals surface area contributed by atoms with Crippen LogP contribution in [0.15, 0.2) is 37.0 Å². The van der Waals surface area contributed by atoms with Gasteiger partial charge in [0.25, 0.3) is 0 Å². The Hall–Kier alpha value is -1.50. The van der Waals surface area contributed by atoms with Gasteiger partial charge in [0.05, 0.1) is 0 Å². The van der Waals surface area contributed by atoms with E-state index >= 15 is 0 Å². The molecule has 0 atom stereocenters. The van der Waals surface area contributed by atoms with Gasteiger partial charge in [-0.25, -0.2) is 0 Å². The van der Waals surface area contributed by atoms with Crippen LogP contribution in [0.2, 0.25) is 0 Å². The first-order chi connectivity index (χ1) is 7.11. The Morgan fingerprint density at radius 2 is 1.93 bits per heavy atom. The van der Waals surface area contributed by atoms with Gasteiger partial charge >= 0.3 is 0 Å². The normalized spacial score (nSPS) is 11.2. The third kappa shape index (κ3) is 1.58. The minimum Gasteiger partial charge on any atom is -0.344 e. The smallest absolute Gasteiger partial charge is 0.0489 e. The van der Waals surface area contributed by atoms with Crippen molar-refractivity contribution >= 4 is 16.5 Å². The van der Waals surface area contributed by atoms with Gasteiger partial charge in [-0.1, -0.05) is 24.8 Å². The molecule has 2 aromatic rings. The molecule has 0 saturated carbocycles. The second-order valence-corrected chi connectivity index (χ2v) is 4.34. The van der Waals surface area contributed by atoms with E-state index in [0.29, 0.717) is 6.04 Å². The van der Waals surface area contributed by atoms with E-state index in [1.165, 1.54) is 16.5 Å². The molecule has 0 saturated heterocycles. The minimum atomic E-state index is 0.489. The Morgan fingerprint density at radius 3 is 2.53 bits per heavy atom. The van der Waals surface area contributed by atoms with Crippen molar-refractivity contribution in [1.82, 2.24) is 4.57 Å². The van der Waals surface area contributed by atoms with Crippen molar-refractivity contribution in [2.24, 2.45) is 0 Å². The fraction of sp³-hybridized carbons (Fsp3) is 0.286. The van der Waals surface area contributed by atoms with Crippen LogP contribution in [0, 0.1) is 0 Å². The van der Waals surface area contributed by atoms with Gasteiger partial charge in [0.15, 0.2) is 0 Å². The van der Waals surface area contributed by atoms with E-state index in [9.17, 15) is 0 Å². The molecule has 1 nitrogen and oxygen atoms in total. The van der Waals surface area contributed by atoms with Crippen molar-refractivity contribution in [3.63, 3.8) is 0 Å². The lowest BCUT2D eigenvalue weighted by molar-refractivity contribution is 0.622. The number of fused-ring (bicyclic) bond motifs is 1. The average molecular weight is 199 g/mol. The van der Waals surface area contributed by atoms with Gasteiger partial charge in [0, 0.05) is 28.7 Å². The molecule has 0 bridgehead atoms. The van der Waals surface area contributed by atoms with Gasteiger partial charge < -0.3 is 4.57 Å². The van der Waals surface area contributed by atoms with E-state index in [1.807, 2.05) is 0 Å². The molecule has 1 heterocycles. The lowest BCUT2D eigenvalue weighted by Gasteiger charge is -2.08. The molecule has 0 amide bonds. The van der Waals surface area contributed by atoms with Crippen molar-refractivity contribution < 1.29 is 0 Å². The number of hydrogen-bond donors (Lipinski definition) is 0. The zero-order chi connectivity index (χ0) is 11.0. The van der Waals surface area contributed by atoms with Crippen molar-refractivity contribution in [3.8, 4) is 0 Å². The zero-order valence-electron chi connectivity index (χ0n) is 9.62. The largest absolute Gasteiger partial charge is 0.344 e. The molecule has 15 heavy (non-hydrogen) atoms. The van der Waals surface area contributed by atoms with Crippen LogP contribution in [-0.4, -0.2) is 4.57 Å². The van der Waals surface area contributed by atoms with Crippen LogP contribution in [-0.2, 0) is 0 Å². The summed E-state index contributed by atoms with van der Waals surface area (Å²) in [6, 6.07) is 8.99. The first kappa shape index (κ1) is 10.0. The number of aromatic nitrogens is 1. The molecule has 1 heteroatoms. The molecule has 78 valence electrons. The average Bonchev–Trinajstić information content (AvgIpc) is 2.56. The molecule has 0 aliphatic heterocycles. The predicted octanol–water partition coefficient (Wildman–Crippen LogP) is 4.26. The Balaban J connectivity index is 2.79. The Morgan fingerprint density at radius 1 is 1.27 bits per heavy atom. The standard InChI is InChI=1S/C14H17N/c1-10(2)13-9-15(11(3)4)14-8-6-5-7-12(13)14/h5-9,11H,1H2,2-4H3. The summed E-state index contributed by atoms with van der Waals surface area (Å²) >= 11 is 0. The molecule has 0 unspecified atom stereocenters. The summed E-state index contributed by atoms with van der Waals surface area (Å²) in [5.41, 5.74) is 3.69. The third-order valence-corrected chi connectivity index (χ3v) is 2.76. The van der Waals surface area contributed by atoms with Crippen molar-refractivity contribution in [2.45, 2.75) is 26.8 Å². The predicted molar refractivity (Wildman–Crippen MR) is 67.0 cm³/mol. The minimum absolute atomic E-state index is 0.489. The van der Waals surface area contributed by atoms with Gasteiger partial charge in [0.2, 0.25) is 0 Å². The molecule has 0 fully saturated rings. The Bertz CT molecular complexity index is 503. The number of nitrogens with zero attached hydrogens (tertiary/aromatic N) is 1. The van der Waals surface area contributed by atoms with E-state index in [2.05, 4.69) is 62.4 Å². The zero-order valence-corrected chi connectivity index (χ0v) is 9.62. The lowest BCUT2D eigenvalue weighted by atomic mass is 10.1. The van der Waals surface area contributed by atoms with E-state index in [-0.39, 0.29) is 0 Å². The second kappa shape index (κ2) is 3.58. The quantitative estimate of drug-likeness (QED) is 0.681. The highest BCUT2D eigenvalue weighted by Crippen LogP contribution is 2.28. The van der Waals surface area contributed by atoms with Crippen molar-refractivity contribution in [3.05, 3.63) is 42.6 Å². The summed E-state index contributed by atoms with van der Waals surface area (Å²) in [4.78, 5) is 0. The fourth-order valence-electron chi connectivity index (χ4n) is 1.97. The van der Waals surface area contributed by atoms with E-state index in [4.69, 9.17) is 0 Å². The summed E-state index contributed by atoms with van der Waals surface area (Å²) < 4.78 is 2.30. The highest BCUT2D eigenvalue weighted by atomic mass is 15.0. The highest BCUT2D eigenvalue weighted by Gasteiger charge is 2.09. The number of rotatable bonds is 2. The van der Waals surface area contributed by atoms with Crippen LogP contribution in [0.25, 0.3) is 16.5 Å².